The average Bonchev–Trinajstić information content (AvgIpc) is 2.89. The SMILES string of the molecule is CCOC(=O)/C(CC)=C1/CCCN1Cc1ccccc1. The van der Waals surface area contributed by atoms with Crippen molar-refractivity contribution in [2.45, 2.75) is 39.7 Å². The van der Waals surface area contributed by atoms with Gasteiger partial charge in [-0.2, -0.15) is 0 Å². The molecular formula is C17H23NO2. The minimum absolute atomic E-state index is 0.148. The fourth-order valence-corrected chi connectivity index (χ4v) is 2.73. The van der Waals surface area contributed by atoms with E-state index in [1.165, 1.54) is 11.3 Å². The summed E-state index contributed by atoms with van der Waals surface area (Å²) in [4.78, 5) is 14.4. The van der Waals surface area contributed by atoms with E-state index in [4.69, 9.17) is 4.74 Å². The van der Waals surface area contributed by atoms with Crippen LogP contribution in [0.1, 0.15) is 38.7 Å². The van der Waals surface area contributed by atoms with Crippen molar-refractivity contribution >= 4 is 5.97 Å². The Balaban J connectivity index is 2.18. The Morgan fingerprint density at radius 1 is 1.25 bits per heavy atom. The van der Waals surface area contributed by atoms with Crippen molar-refractivity contribution < 1.29 is 9.53 Å². The predicted molar refractivity (Wildman–Crippen MR) is 80.0 cm³/mol. The van der Waals surface area contributed by atoms with Gasteiger partial charge in [-0.05, 0) is 31.7 Å². The van der Waals surface area contributed by atoms with Gasteiger partial charge in [0.05, 0.1) is 12.2 Å². The van der Waals surface area contributed by atoms with Gasteiger partial charge < -0.3 is 9.64 Å². The lowest BCUT2D eigenvalue weighted by Crippen LogP contribution is -2.21. The lowest BCUT2D eigenvalue weighted by molar-refractivity contribution is -0.138. The number of rotatable bonds is 5. The first kappa shape index (κ1) is 14.6. The zero-order valence-electron chi connectivity index (χ0n) is 12.4. The van der Waals surface area contributed by atoms with Gasteiger partial charge in [0, 0.05) is 18.8 Å². The van der Waals surface area contributed by atoms with Gasteiger partial charge in [0.25, 0.3) is 0 Å². The van der Waals surface area contributed by atoms with E-state index in [0.29, 0.717) is 6.61 Å². The molecule has 1 aliphatic rings. The van der Waals surface area contributed by atoms with E-state index in [0.717, 1.165) is 37.9 Å². The highest BCUT2D eigenvalue weighted by Crippen LogP contribution is 2.28. The van der Waals surface area contributed by atoms with E-state index < -0.39 is 0 Å². The fraction of sp³-hybridized carbons (Fsp3) is 0.471. The number of hydrogen-bond acceptors (Lipinski definition) is 3. The summed E-state index contributed by atoms with van der Waals surface area (Å²) < 4.78 is 5.18. The number of likely N-dealkylation sites (tertiary alicyclic amines) is 1. The quantitative estimate of drug-likeness (QED) is 0.607. The monoisotopic (exact) mass is 273 g/mol. The molecule has 1 heterocycles. The maximum absolute atomic E-state index is 12.1. The van der Waals surface area contributed by atoms with Crippen molar-refractivity contribution in [2.75, 3.05) is 13.2 Å². The van der Waals surface area contributed by atoms with E-state index in [-0.39, 0.29) is 5.97 Å². The molecular weight excluding hydrogens is 250 g/mol. The highest BCUT2D eigenvalue weighted by Gasteiger charge is 2.24. The van der Waals surface area contributed by atoms with Crippen LogP contribution in [0.25, 0.3) is 0 Å². The topological polar surface area (TPSA) is 29.5 Å². The zero-order chi connectivity index (χ0) is 14.4. The van der Waals surface area contributed by atoms with Crippen LogP contribution >= 0.6 is 0 Å². The van der Waals surface area contributed by atoms with Crippen molar-refractivity contribution in [2.24, 2.45) is 0 Å². The molecule has 0 bridgehead atoms. The Morgan fingerprint density at radius 3 is 2.65 bits per heavy atom. The van der Waals surface area contributed by atoms with Gasteiger partial charge in [0.1, 0.15) is 0 Å². The third-order valence-corrected chi connectivity index (χ3v) is 3.66. The zero-order valence-corrected chi connectivity index (χ0v) is 12.4. The molecule has 1 aliphatic heterocycles. The van der Waals surface area contributed by atoms with E-state index in [9.17, 15) is 4.79 Å². The van der Waals surface area contributed by atoms with Crippen LogP contribution in [0.3, 0.4) is 0 Å². The number of benzene rings is 1. The lowest BCUT2D eigenvalue weighted by atomic mass is 10.1. The van der Waals surface area contributed by atoms with Crippen LogP contribution < -0.4 is 0 Å². The van der Waals surface area contributed by atoms with Gasteiger partial charge in [-0.3, -0.25) is 0 Å². The second-order valence-corrected chi connectivity index (χ2v) is 5.01. The smallest absolute Gasteiger partial charge is 0.335 e. The first-order valence-corrected chi connectivity index (χ1v) is 7.44. The maximum Gasteiger partial charge on any atom is 0.335 e. The van der Waals surface area contributed by atoms with Crippen molar-refractivity contribution in [1.82, 2.24) is 4.90 Å². The minimum Gasteiger partial charge on any atom is -0.463 e. The molecule has 1 fully saturated rings. The van der Waals surface area contributed by atoms with E-state index in [2.05, 4.69) is 29.2 Å². The first-order chi connectivity index (χ1) is 9.76. The Labute approximate surface area is 121 Å². The standard InChI is InChI=1S/C17H23NO2/c1-3-15(17(19)20-4-2)16-11-8-12-18(16)13-14-9-6-5-7-10-14/h5-7,9-10H,3-4,8,11-13H2,1-2H3/b16-15-. The van der Waals surface area contributed by atoms with Gasteiger partial charge in [0.15, 0.2) is 0 Å². The molecule has 0 radical (unpaired) electrons. The Hall–Kier alpha value is -1.77. The average molecular weight is 273 g/mol. The van der Waals surface area contributed by atoms with Crippen LogP contribution in [0.15, 0.2) is 41.6 Å². The van der Waals surface area contributed by atoms with Crippen LogP contribution in [0.4, 0.5) is 0 Å². The van der Waals surface area contributed by atoms with Crippen LogP contribution in [0.5, 0.6) is 0 Å². The molecule has 0 atom stereocenters. The number of carbonyl (C=O) groups excluding carboxylic acids is 1. The van der Waals surface area contributed by atoms with E-state index in [1.807, 2.05) is 19.9 Å². The third kappa shape index (κ3) is 3.41. The fourth-order valence-electron chi connectivity index (χ4n) is 2.73. The molecule has 3 heteroatoms. The summed E-state index contributed by atoms with van der Waals surface area (Å²) in [5, 5.41) is 0. The number of ether oxygens (including phenoxy) is 1. The van der Waals surface area contributed by atoms with Gasteiger partial charge >= 0.3 is 5.97 Å². The summed E-state index contributed by atoms with van der Waals surface area (Å²) in [5.74, 6) is -0.148. The second kappa shape index (κ2) is 7.13. The predicted octanol–water partition coefficient (Wildman–Crippen LogP) is 3.51. The van der Waals surface area contributed by atoms with E-state index >= 15 is 0 Å². The number of allylic oxidation sites excluding steroid dienone is 1. The molecule has 0 saturated carbocycles. The van der Waals surface area contributed by atoms with Crippen LogP contribution in [-0.2, 0) is 16.1 Å². The van der Waals surface area contributed by atoms with Crippen LogP contribution in [0.2, 0.25) is 0 Å². The van der Waals surface area contributed by atoms with Crippen molar-refractivity contribution in [3.8, 4) is 0 Å². The lowest BCUT2D eigenvalue weighted by Gasteiger charge is -2.22. The molecule has 0 aromatic heterocycles. The Bertz CT molecular complexity index is 479. The van der Waals surface area contributed by atoms with Crippen molar-refractivity contribution in [3.05, 3.63) is 47.2 Å². The normalized spacial score (nSPS) is 17.2. The van der Waals surface area contributed by atoms with Gasteiger partial charge in [-0.25, -0.2) is 4.79 Å². The van der Waals surface area contributed by atoms with Crippen LogP contribution in [-0.4, -0.2) is 24.0 Å². The summed E-state index contributed by atoms with van der Waals surface area (Å²) in [6, 6.07) is 10.4. The maximum atomic E-state index is 12.1. The Kier molecular flexibility index (Phi) is 5.22. The summed E-state index contributed by atoms with van der Waals surface area (Å²) in [6.45, 7) is 6.21. The highest BCUT2D eigenvalue weighted by atomic mass is 16.5. The largest absolute Gasteiger partial charge is 0.463 e. The summed E-state index contributed by atoms with van der Waals surface area (Å²) in [5.41, 5.74) is 3.31. The Morgan fingerprint density at radius 2 is 2.00 bits per heavy atom. The molecule has 1 saturated heterocycles. The molecule has 0 unspecified atom stereocenters. The molecule has 0 aliphatic carbocycles. The number of hydrogen-bond donors (Lipinski definition) is 0. The molecule has 108 valence electrons. The summed E-state index contributed by atoms with van der Waals surface area (Å²) in [6.07, 6.45) is 2.83. The van der Waals surface area contributed by atoms with Gasteiger partial charge in [-0.1, -0.05) is 37.3 Å². The summed E-state index contributed by atoms with van der Waals surface area (Å²) in [7, 11) is 0. The van der Waals surface area contributed by atoms with Crippen molar-refractivity contribution in [3.63, 3.8) is 0 Å². The molecule has 20 heavy (non-hydrogen) atoms. The number of esters is 1. The molecule has 0 N–H and O–H groups in total. The molecule has 0 spiro atoms. The van der Waals surface area contributed by atoms with E-state index in [1.54, 1.807) is 0 Å². The molecule has 3 nitrogen and oxygen atoms in total. The highest BCUT2D eigenvalue weighted by molar-refractivity contribution is 5.89. The van der Waals surface area contributed by atoms with Gasteiger partial charge in [0.2, 0.25) is 0 Å². The molecule has 1 aromatic rings. The molecule has 1 aromatic carbocycles. The second-order valence-electron chi connectivity index (χ2n) is 5.01. The third-order valence-electron chi connectivity index (χ3n) is 3.66. The van der Waals surface area contributed by atoms with Crippen LogP contribution in [0, 0.1) is 0 Å². The number of carbonyl (C=O) groups is 1. The van der Waals surface area contributed by atoms with Crippen molar-refractivity contribution in [1.29, 1.82) is 0 Å². The first-order valence-electron chi connectivity index (χ1n) is 7.44. The molecule has 0 amide bonds. The molecule has 2 rings (SSSR count). The summed E-state index contributed by atoms with van der Waals surface area (Å²) >= 11 is 0. The minimum atomic E-state index is -0.148. The van der Waals surface area contributed by atoms with Gasteiger partial charge in [-0.15, -0.1) is 0 Å². The number of nitrogens with zero attached hydrogens (tertiary/aromatic N) is 1.